The molecule has 4 rings (SSSR count). The van der Waals surface area contributed by atoms with E-state index in [9.17, 15) is 4.79 Å². The molecule has 2 aromatic heterocycles. The first-order chi connectivity index (χ1) is 15.0. The summed E-state index contributed by atoms with van der Waals surface area (Å²) in [6.07, 6.45) is 3.05. The van der Waals surface area contributed by atoms with Gasteiger partial charge in [-0.3, -0.25) is 4.79 Å². The van der Waals surface area contributed by atoms with E-state index < -0.39 is 5.91 Å². The molecule has 0 saturated carbocycles. The quantitative estimate of drug-likeness (QED) is 0.404. The van der Waals surface area contributed by atoms with Gasteiger partial charge in [0.1, 0.15) is 17.7 Å². The van der Waals surface area contributed by atoms with Gasteiger partial charge in [0.15, 0.2) is 0 Å². The summed E-state index contributed by atoms with van der Waals surface area (Å²) in [6, 6.07) is 14.5. The van der Waals surface area contributed by atoms with E-state index in [0.29, 0.717) is 39.6 Å². The first-order valence-corrected chi connectivity index (χ1v) is 10.1. The molecule has 2 N–H and O–H groups in total. The normalized spacial score (nSPS) is 10.7. The third-order valence-corrected chi connectivity index (χ3v) is 4.94. The Morgan fingerprint density at radius 3 is 2.74 bits per heavy atom. The van der Waals surface area contributed by atoms with Crippen molar-refractivity contribution in [3.05, 3.63) is 88.1 Å². The van der Waals surface area contributed by atoms with Crippen LogP contribution in [-0.2, 0) is 6.54 Å². The second-order valence-electron chi connectivity index (χ2n) is 6.68. The fraction of sp³-hybridized carbons (Fsp3) is 0.0909. The van der Waals surface area contributed by atoms with E-state index in [-0.39, 0.29) is 5.89 Å². The SMILES string of the molecule is Cc1cnc(Nc2ccccc2Cl)nc1-c1coc(C(=O)NCc2cccc(Cl)c2)n1. The number of aryl methyl sites for hydroxylation is 1. The molecule has 156 valence electrons. The molecule has 0 aliphatic carbocycles. The minimum atomic E-state index is -0.438. The van der Waals surface area contributed by atoms with Gasteiger partial charge in [-0.15, -0.1) is 0 Å². The van der Waals surface area contributed by atoms with Gasteiger partial charge in [0.25, 0.3) is 5.89 Å². The van der Waals surface area contributed by atoms with Crippen LogP contribution in [0.15, 0.2) is 65.4 Å². The van der Waals surface area contributed by atoms with Gasteiger partial charge in [0, 0.05) is 17.8 Å². The Hall–Kier alpha value is -3.42. The number of nitrogens with zero attached hydrogens (tertiary/aromatic N) is 3. The van der Waals surface area contributed by atoms with Crippen LogP contribution in [0.4, 0.5) is 11.6 Å². The average molecular weight is 454 g/mol. The summed E-state index contributed by atoms with van der Waals surface area (Å²) in [7, 11) is 0. The number of hydrogen-bond donors (Lipinski definition) is 2. The predicted molar refractivity (Wildman–Crippen MR) is 120 cm³/mol. The minimum Gasteiger partial charge on any atom is -0.440 e. The van der Waals surface area contributed by atoms with Gasteiger partial charge < -0.3 is 15.1 Å². The van der Waals surface area contributed by atoms with E-state index >= 15 is 0 Å². The molecule has 7 nitrogen and oxygen atoms in total. The van der Waals surface area contributed by atoms with Gasteiger partial charge in [0.2, 0.25) is 5.95 Å². The number of benzene rings is 2. The zero-order valence-electron chi connectivity index (χ0n) is 16.4. The summed E-state index contributed by atoms with van der Waals surface area (Å²) in [5, 5.41) is 6.99. The van der Waals surface area contributed by atoms with E-state index in [0.717, 1.165) is 11.1 Å². The first kappa shape index (κ1) is 20.8. The van der Waals surface area contributed by atoms with Crippen LogP contribution in [0, 0.1) is 6.92 Å². The van der Waals surface area contributed by atoms with E-state index in [1.165, 1.54) is 6.26 Å². The summed E-state index contributed by atoms with van der Waals surface area (Å²) in [6.45, 7) is 2.15. The van der Waals surface area contributed by atoms with Crippen molar-refractivity contribution in [3.63, 3.8) is 0 Å². The maximum Gasteiger partial charge on any atom is 0.307 e. The summed E-state index contributed by atoms with van der Waals surface area (Å²) in [4.78, 5) is 25.5. The summed E-state index contributed by atoms with van der Waals surface area (Å²) >= 11 is 12.2. The number of anilines is 2. The van der Waals surface area contributed by atoms with Crippen LogP contribution < -0.4 is 10.6 Å². The van der Waals surface area contributed by atoms with Crippen LogP contribution >= 0.6 is 23.2 Å². The van der Waals surface area contributed by atoms with Crippen molar-refractivity contribution in [1.82, 2.24) is 20.3 Å². The maximum absolute atomic E-state index is 12.4. The zero-order chi connectivity index (χ0) is 21.8. The van der Waals surface area contributed by atoms with Crippen molar-refractivity contribution in [2.45, 2.75) is 13.5 Å². The Morgan fingerprint density at radius 2 is 1.94 bits per heavy atom. The van der Waals surface area contributed by atoms with Crippen molar-refractivity contribution >= 4 is 40.7 Å². The highest BCUT2D eigenvalue weighted by atomic mass is 35.5. The summed E-state index contributed by atoms with van der Waals surface area (Å²) in [5.41, 5.74) is 3.30. The highest BCUT2D eigenvalue weighted by Crippen LogP contribution is 2.26. The maximum atomic E-state index is 12.4. The number of rotatable bonds is 6. The van der Waals surface area contributed by atoms with E-state index in [1.807, 2.05) is 37.3 Å². The summed E-state index contributed by atoms with van der Waals surface area (Å²) < 4.78 is 5.37. The second-order valence-corrected chi connectivity index (χ2v) is 7.52. The van der Waals surface area contributed by atoms with E-state index in [4.69, 9.17) is 27.6 Å². The standard InChI is InChI=1S/C22H17Cl2N5O2/c1-13-10-26-22(28-17-8-3-2-7-16(17)24)29-19(13)18-12-31-21(27-18)20(30)25-11-14-5-4-6-15(23)9-14/h2-10,12H,11H2,1H3,(H,25,30)(H,26,28,29). The summed E-state index contributed by atoms with van der Waals surface area (Å²) in [5.74, 6) is -0.147. The monoisotopic (exact) mass is 453 g/mol. The topological polar surface area (TPSA) is 92.9 Å². The molecule has 9 heteroatoms. The number of carbonyl (C=O) groups is 1. The zero-order valence-corrected chi connectivity index (χ0v) is 17.9. The predicted octanol–water partition coefficient (Wildman–Crippen LogP) is 5.42. The number of halogens is 2. The molecule has 0 aliphatic heterocycles. The number of hydrogen-bond acceptors (Lipinski definition) is 6. The number of nitrogens with one attached hydrogen (secondary N) is 2. The largest absolute Gasteiger partial charge is 0.440 e. The second kappa shape index (κ2) is 9.16. The van der Waals surface area contributed by atoms with Gasteiger partial charge in [-0.1, -0.05) is 47.5 Å². The number of oxazole rings is 1. The molecule has 2 aromatic carbocycles. The molecule has 0 spiro atoms. The molecule has 1 amide bonds. The molecule has 0 radical (unpaired) electrons. The minimum absolute atomic E-state index is 0.0596. The lowest BCUT2D eigenvalue weighted by atomic mass is 10.2. The molecule has 4 aromatic rings. The van der Waals surface area contributed by atoms with Gasteiger partial charge >= 0.3 is 5.91 Å². The lowest BCUT2D eigenvalue weighted by molar-refractivity contribution is 0.0916. The fourth-order valence-electron chi connectivity index (χ4n) is 2.84. The molecule has 0 fully saturated rings. The molecule has 31 heavy (non-hydrogen) atoms. The smallest absolute Gasteiger partial charge is 0.307 e. The Morgan fingerprint density at radius 1 is 1.10 bits per heavy atom. The van der Waals surface area contributed by atoms with Gasteiger partial charge in [-0.25, -0.2) is 15.0 Å². The lowest BCUT2D eigenvalue weighted by Crippen LogP contribution is -2.23. The number of amides is 1. The lowest BCUT2D eigenvalue weighted by Gasteiger charge is -2.08. The van der Waals surface area contributed by atoms with Crippen molar-refractivity contribution in [1.29, 1.82) is 0 Å². The molecule has 0 saturated heterocycles. The third-order valence-electron chi connectivity index (χ3n) is 4.38. The van der Waals surface area contributed by atoms with Gasteiger partial charge in [0.05, 0.1) is 10.7 Å². The van der Waals surface area contributed by atoms with Gasteiger partial charge in [-0.2, -0.15) is 0 Å². The van der Waals surface area contributed by atoms with E-state index in [1.54, 1.807) is 24.4 Å². The molecule has 2 heterocycles. The average Bonchev–Trinajstić information content (AvgIpc) is 3.25. The van der Waals surface area contributed by atoms with Crippen molar-refractivity contribution in [3.8, 4) is 11.4 Å². The highest BCUT2D eigenvalue weighted by Gasteiger charge is 2.17. The van der Waals surface area contributed by atoms with Crippen LogP contribution in [0.1, 0.15) is 21.8 Å². The third kappa shape index (κ3) is 5.02. The van der Waals surface area contributed by atoms with Crippen LogP contribution in [0.3, 0.4) is 0 Å². The van der Waals surface area contributed by atoms with Crippen molar-refractivity contribution in [2.24, 2.45) is 0 Å². The number of aromatic nitrogens is 3. The van der Waals surface area contributed by atoms with Crippen LogP contribution in [0.5, 0.6) is 0 Å². The molecule has 0 atom stereocenters. The first-order valence-electron chi connectivity index (χ1n) is 9.33. The van der Waals surface area contributed by atoms with Crippen LogP contribution in [-0.4, -0.2) is 20.9 Å². The van der Waals surface area contributed by atoms with Gasteiger partial charge in [-0.05, 0) is 42.3 Å². The molecule has 0 bridgehead atoms. The Kier molecular flexibility index (Phi) is 6.16. The molecule has 0 aliphatic rings. The number of para-hydroxylation sites is 1. The van der Waals surface area contributed by atoms with Crippen LogP contribution in [0.25, 0.3) is 11.4 Å². The molecular formula is C22H17Cl2N5O2. The Labute approximate surface area is 188 Å². The molecule has 0 unspecified atom stereocenters. The van der Waals surface area contributed by atoms with Crippen LogP contribution in [0.2, 0.25) is 10.0 Å². The van der Waals surface area contributed by atoms with Crippen molar-refractivity contribution in [2.75, 3.05) is 5.32 Å². The Bertz CT molecular complexity index is 1240. The van der Waals surface area contributed by atoms with Crippen molar-refractivity contribution < 1.29 is 9.21 Å². The van der Waals surface area contributed by atoms with E-state index in [2.05, 4.69) is 25.6 Å². The highest BCUT2D eigenvalue weighted by molar-refractivity contribution is 6.33. The molecular weight excluding hydrogens is 437 g/mol. The fourth-order valence-corrected chi connectivity index (χ4v) is 3.23. The number of carbonyl (C=O) groups excluding carboxylic acids is 1. The Balaban J connectivity index is 1.50.